The zero-order valence-corrected chi connectivity index (χ0v) is 10.9. The van der Waals surface area contributed by atoms with E-state index in [1.807, 2.05) is 0 Å². The van der Waals surface area contributed by atoms with Crippen molar-refractivity contribution in [1.29, 1.82) is 5.26 Å². The Balaban J connectivity index is 2.45. The van der Waals surface area contributed by atoms with Crippen LogP contribution in [-0.2, 0) is 7.05 Å². The van der Waals surface area contributed by atoms with E-state index < -0.39 is 0 Å². The zero-order chi connectivity index (χ0) is 14.0. The predicted octanol–water partition coefficient (Wildman–Crippen LogP) is 2.49. The number of benzene rings is 1. The van der Waals surface area contributed by atoms with Gasteiger partial charge in [-0.05, 0) is 19.1 Å². The van der Waals surface area contributed by atoms with E-state index in [9.17, 15) is 4.39 Å². The van der Waals surface area contributed by atoms with Crippen LogP contribution in [0.25, 0.3) is 0 Å². The maximum absolute atomic E-state index is 13.1. The SMILES string of the molecule is COc1cc(F)ccc1Nc1c(C#N)c(C)nn1C. The fourth-order valence-corrected chi connectivity index (χ4v) is 1.83. The van der Waals surface area contributed by atoms with Gasteiger partial charge in [0.2, 0.25) is 0 Å². The Hall–Kier alpha value is -2.55. The van der Waals surface area contributed by atoms with Crippen molar-refractivity contribution in [3.05, 3.63) is 35.3 Å². The van der Waals surface area contributed by atoms with Crippen LogP contribution in [0.4, 0.5) is 15.9 Å². The smallest absolute Gasteiger partial charge is 0.146 e. The van der Waals surface area contributed by atoms with Gasteiger partial charge in [0.15, 0.2) is 0 Å². The molecule has 1 N–H and O–H groups in total. The molecule has 1 heterocycles. The predicted molar refractivity (Wildman–Crippen MR) is 68.9 cm³/mol. The topological polar surface area (TPSA) is 62.9 Å². The summed E-state index contributed by atoms with van der Waals surface area (Å²) in [6.07, 6.45) is 0. The van der Waals surface area contributed by atoms with Gasteiger partial charge >= 0.3 is 0 Å². The van der Waals surface area contributed by atoms with Crippen LogP contribution >= 0.6 is 0 Å². The number of aryl methyl sites for hydroxylation is 2. The Bertz CT molecular complexity index is 657. The molecular formula is C13H13FN4O. The number of nitrogens with zero attached hydrogens (tertiary/aromatic N) is 3. The van der Waals surface area contributed by atoms with Gasteiger partial charge in [-0.1, -0.05) is 0 Å². The number of aromatic nitrogens is 2. The number of nitrogens with one attached hydrogen (secondary N) is 1. The van der Waals surface area contributed by atoms with E-state index in [4.69, 9.17) is 10.00 Å². The Morgan fingerprint density at radius 1 is 1.47 bits per heavy atom. The van der Waals surface area contributed by atoms with Crippen molar-refractivity contribution in [2.24, 2.45) is 7.05 Å². The lowest BCUT2D eigenvalue weighted by Crippen LogP contribution is -2.02. The Labute approximate surface area is 110 Å². The fourth-order valence-electron chi connectivity index (χ4n) is 1.83. The van der Waals surface area contributed by atoms with Crippen LogP contribution in [0.3, 0.4) is 0 Å². The van der Waals surface area contributed by atoms with Gasteiger partial charge in [0.1, 0.15) is 29.0 Å². The normalized spacial score (nSPS) is 10.1. The van der Waals surface area contributed by atoms with Crippen molar-refractivity contribution in [3.63, 3.8) is 0 Å². The Morgan fingerprint density at radius 2 is 2.21 bits per heavy atom. The van der Waals surface area contributed by atoms with Crippen LogP contribution < -0.4 is 10.1 Å². The standard InChI is InChI=1S/C13H13FN4O/c1-8-10(7-15)13(18(2)17-8)16-11-5-4-9(14)6-12(11)19-3/h4-6,16H,1-3H3. The van der Waals surface area contributed by atoms with E-state index in [1.165, 1.54) is 19.2 Å². The molecule has 0 bridgehead atoms. The van der Waals surface area contributed by atoms with Crippen molar-refractivity contribution < 1.29 is 9.13 Å². The third-order valence-electron chi connectivity index (χ3n) is 2.75. The molecule has 1 aromatic carbocycles. The molecule has 6 heteroatoms. The highest BCUT2D eigenvalue weighted by Crippen LogP contribution is 2.30. The number of anilines is 2. The molecule has 0 atom stereocenters. The minimum Gasteiger partial charge on any atom is -0.494 e. The molecule has 0 aliphatic rings. The van der Waals surface area contributed by atoms with Crippen molar-refractivity contribution in [2.45, 2.75) is 6.92 Å². The van der Waals surface area contributed by atoms with Gasteiger partial charge < -0.3 is 10.1 Å². The summed E-state index contributed by atoms with van der Waals surface area (Å²) >= 11 is 0. The second-order valence-electron chi connectivity index (χ2n) is 4.01. The average molecular weight is 260 g/mol. The summed E-state index contributed by atoms with van der Waals surface area (Å²) in [5.74, 6) is 0.525. The number of hydrogen-bond acceptors (Lipinski definition) is 4. The van der Waals surface area contributed by atoms with Gasteiger partial charge in [-0.2, -0.15) is 10.4 Å². The molecule has 0 aliphatic carbocycles. The molecule has 19 heavy (non-hydrogen) atoms. The lowest BCUT2D eigenvalue weighted by Gasteiger charge is -2.11. The monoisotopic (exact) mass is 260 g/mol. The molecule has 1 aromatic heterocycles. The Morgan fingerprint density at radius 3 is 2.84 bits per heavy atom. The third-order valence-corrected chi connectivity index (χ3v) is 2.75. The molecule has 0 radical (unpaired) electrons. The highest BCUT2D eigenvalue weighted by Gasteiger charge is 2.14. The van der Waals surface area contributed by atoms with Crippen LogP contribution in [-0.4, -0.2) is 16.9 Å². The third kappa shape index (κ3) is 2.36. The van der Waals surface area contributed by atoms with Crippen LogP contribution in [0, 0.1) is 24.1 Å². The summed E-state index contributed by atoms with van der Waals surface area (Å²) in [7, 11) is 3.19. The lowest BCUT2D eigenvalue weighted by atomic mass is 10.2. The molecule has 2 aromatic rings. The summed E-state index contributed by atoms with van der Waals surface area (Å²) in [5, 5.41) is 16.3. The number of hydrogen-bond donors (Lipinski definition) is 1. The number of halogens is 1. The molecule has 2 rings (SSSR count). The highest BCUT2D eigenvalue weighted by molar-refractivity contribution is 5.69. The number of rotatable bonds is 3. The second kappa shape index (κ2) is 4.98. The van der Waals surface area contributed by atoms with E-state index in [2.05, 4.69) is 16.5 Å². The fraction of sp³-hybridized carbons (Fsp3) is 0.231. The zero-order valence-electron chi connectivity index (χ0n) is 10.9. The van der Waals surface area contributed by atoms with Gasteiger partial charge in [0.05, 0.1) is 18.5 Å². The molecule has 0 saturated heterocycles. The number of methoxy groups -OCH3 is 1. The van der Waals surface area contributed by atoms with Crippen molar-refractivity contribution >= 4 is 11.5 Å². The molecule has 0 amide bonds. The minimum absolute atomic E-state index is 0.364. The van der Waals surface area contributed by atoms with Crippen molar-refractivity contribution in [2.75, 3.05) is 12.4 Å². The molecule has 0 spiro atoms. The van der Waals surface area contributed by atoms with E-state index in [0.717, 1.165) is 0 Å². The Kier molecular flexibility index (Phi) is 3.38. The van der Waals surface area contributed by atoms with E-state index in [1.54, 1.807) is 24.7 Å². The molecule has 0 aliphatic heterocycles. The molecule has 5 nitrogen and oxygen atoms in total. The summed E-state index contributed by atoms with van der Waals surface area (Å²) in [5.41, 5.74) is 1.66. The van der Waals surface area contributed by atoms with Crippen LogP contribution in [0.2, 0.25) is 0 Å². The molecule has 0 unspecified atom stereocenters. The first-order chi connectivity index (χ1) is 9.06. The first-order valence-electron chi connectivity index (χ1n) is 5.61. The van der Waals surface area contributed by atoms with Gasteiger partial charge in [0.25, 0.3) is 0 Å². The largest absolute Gasteiger partial charge is 0.494 e. The average Bonchev–Trinajstić information content (AvgIpc) is 2.65. The maximum Gasteiger partial charge on any atom is 0.146 e. The van der Waals surface area contributed by atoms with E-state index in [-0.39, 0.29) is 5.82 Å². The van der Waals surface area contributed by atoms with Crippen molar-refractivity contribution in [1.82, 2.24) is 9.78 Å². The van der Waals surface area contributed by atoms with Gasteiger partial charge in [-0.25, -0.2) is 4.39 Å². The van der Waals surface area contributed by atoms with Gasteiger partial charge in [-0.3, -0.25) is 4.68 Å². The molecule has 98 valence electrons. The number of nitriles is 1. The summed E-state index contributed by atoms with van der Waals surface area (Å²) in [6, 6.07) is 6.24. The van der Waals surface area contributed by atoms with Crippen molar-refractivity contribution in [3.8, 4) is 11.8 Å². The minimum atomic E-state index is -0.385. The summed E-state index contributed by atoms with van der Waals surface area (Å²) < 4.78 is 19.8. The van der Waals surface area contributed by atoms with E-state index >= 15 is 0 Å². The summed E-state index contributed by atoms with van der Waals surface area (Å²) in [6.45, 7) is 1.76. The van der Waals surface area contributed by atoms with E-state index in [0.29, 0.717) is 28.5 Å². The molecular weight excluding hydrogens is 247 g/mol. The van der Waals surface area contributed by atoms with Crippen LogP contribution in [0.5, 0.6) is 5.75 Å². The van der Waals surface area contributed by atoms with Crippen LogP contribution in [0.15, 0.2) is 18.2 Å². The van der Waals surface area contributed by atoms with Gasteiger partial charge in [-0.15, -0.1) is 0 Å². The summed E-state index contributed by atoms with van der Waals surface area (Å²) in [4.78, 5) is 0. The molecule has 0 saturated carbocycles. The first-order valence-corrected chi connectivity index (χ1v) is 5.61. The first kappa shape index (κ1) is 12.9. The lowest BCUT2D eigenvalue weighted by molar-refractivity contribution is 0.413. The van der Waals surface area contributed by atoms with Crippen LogP contribution in [0.1, 0.15) is 11.3 Å². The second-order valence-corrected chi connectivity index (χ2v) is 4.01. The highest BCUT2D eigenvalue weighted by atomic mass is 19.1. The van der Waals surface area contributed by atoms with Gasteiger partial charge in [0, 0.05) is 13.1 Å². The quantitative estimate of drug-likeness (QED) is 0.921. The maximum atomic E-state index is 13.1. The number of ether oxygens (including phenoxy) is 1. The molecule has 0 fully saturated rings.